The third kappa shape index (κ3) is 5.08. The van der Waals surface area contributed by atoms with Crippen LogP contribution >= 0.6 is 6.83 Å². The van der Waals surface area contributed by atoms with Gasteiger partial charge < -0.3 is 0 Å². The quantitative estimate of drug-likeness (QED) is 0.787. The molecule has 1 aromatic carbocycles. The second kappa shape index (κ2) is 5.05. The monoisotopic (exact) mass is 336 g/mol. The molecule has 0 aliphatic rings. The van der Waals surface area contributed by atoms with Gasteiger partial charge >= 0.3 is 122 Å². The van der Waals surface area contributed by atoms with E-state index >= 15 is 0 Å². The Bertz CT molecular complexity index is 671. The zero-order valence-electron chi connectivity index (χ0n) is 12.0. The average molecular weight is 336 g/mol. The summed E-state index contributed by atoms with van der Waals surface area (Å²) in [5.74, 6) is -2.85. The van der Waals surface area contributed by atoms with Crippen LogP contribution in [0.25, 0.3) is 0 Å². The van der Waals surface area contributed by atoms with E-state index in [2.05, 4.69) is 0 Å². The Morgan fingerprint density at radius 3 is 1.62 bits per heavy atom. The second-order valence-corrected chi connectivity index (χ2v) is 15.1. The van der Waals surface area contributed by atoms with E-state index in [-0.39, 0.29) is 0 Å². The summed E-state index contributed by atoms with van der Waals surface area (Å²) in [5, 5.41) is 17.9. The molecule has 0 fully saturated rings. The van der Waals surface area contributed by atoms with Gasteiger partial charge in [-0.25, -0.2) is 0 Å². The fraction of sp³-hybridized carbons (Fsp3) is 0.333. The Hall–Kier alpha value is -1.50. The van der Waals surface area contributed by atoms with E-state index in [9.17, 15) is 18.0 Å². The first-order valence-corrected chi connectivity index (χ1v) is 11.1. The third-order valence-corrected chi connectivity index (χ3v) is 6.07. The van der Waals surface area contributed by atoms with Crippen LogP contribution in [0, 0.1) is 0 Å². The van der Waals surface area contributed by atoms with Gasteiger partial charge in [0.15, 0.2) is 0 Å². The molecule has 0 atom stereocenters. The number of rotatable bonds is 5. The van der Waals surface area contributed by atoms with E-state index in [0.29, 0.717) is 0 Å². The van der Waals surface area contributed by atoms with E-state index in [1.165, 1.54) is 0 Å². The van der Waals surface area contributed by atoms with Gasteiger partial charge in [-0.15, -0.1) is 0 Å². The first-order valence-electron chi connectivity index (χ1n) is 5.76. The van der Waals surface area contributed by atoms with Crippen LogP contribution in [0.3, 0.4) is 0 Å². The maximum absolute atomic E-state index is 12.2. The van der Waals surface area contributed by atoms with Crippen molar-refractivity contribution in [2.24, 2.45) is 0 Å². The molecule has 9 heteroatoms. The van der Waals surface area contributed by atoms with Gasteiger partial charge in [0.25, 0.3) is 0 Å². The van der Waals surface area contributed by atoms with Crippen molar-refractivity contribution in [3.8, 4) is 0 Å². The molecule has 21 heavy (non-hydrogen) atoms. The molecule has 0 unspecified atom stereocenters. The predicted molar refractivity (Wildman–Crippen MR) is 79.2 cm³/mol. The summed E-state index contributed by atoms with van der Waals surface area (Å²) in [7, 11) is -4.26. The SMILES string of the molecule is CP(C)(C)(C)OS(=O)(=O)c1cc(C(=O)O)cc(C(=O)O)c1. The van der Waals surface area contributed by atoms with Crippen LogP contribution in [-0.2, 0) is 14.1 Å². The molecule has 1 aromatic rings. The van der Waals surface area contributed by atoms with Gasteiger partial charge in [0, 0.05) is 0 Å². The predicted octanol–water partition coefficient (Wildman–Crippen LogP) is 1.78. The number of carboxylic acids is 2. The van der Waals surface area contributed by atoms with Gasteiger partial charge in [0.2, 0.25) is 0 Å². The van der Waals surface area contributed by atoms with Crippen molar-refractivity contribution < 1.29 is 32.2 Å². The summed E-state index contributed by atoms with van der Waals surface area (Å²) in [6, 6.07) is 2.65. The molecule has 7 nitrogen and oxygen atoms in total. The molecule has 0 spiro atoms. The molecular formula is C12H17O7PS. The van der Waals surface area contributed by atoms with E-state index in [0.717, 1.165) is 18.2 Å². The van der Waals surface area contributed by atoms with Crippen LogP contribution in [0.4, 0.5) is 0 Å². The van der Waals surface area contributed by atoms with Crippen LogP contribution in [0.15, 0.2) is 23.1 Å². The zero-order chi connectivity index (χ0) is 16.7. The Labute approximate surface area is 122 Å². The summed E-state index contributed by atoms with van der Waals surface area (Å²) in [5.41, 5.74) is -0.867. The van der Waals surface area contributed by atoms with Crippen molar-refractivity contribution in [1.82, 2.24) is 0 Å². The Morgan fingerprint density at radius 2 is 1.33 bits per heavy atom. The van der Waals surface area contributed by atoms with Crippen LogP contribution in [0.5, 0.6) is 0 Å². The zero-order valence-corrected chi connectivity index (χ0v) is 13.7. The topological polar surface area (TPSA) is 118 Å². The molecule has 0 aromatic heterocycles. The Balaban J connectivity index is 3.49. The fourth-order valence-electron chi connectivity index (χ4n) is 1.43. The first-order chi connectivity index (χ1) is 9.17. The van der Waals surface area contributed by atoms with Crippen molar-refractivity contribution >= 4 is 28.9 Å². The molecule has 0 saturated carbocycles. The molecule has 0 radical (unpaired) electrons. The number of hydrogen-bond acceptors (Lipinski definition) is 5. The molecular weight excluding hydrogens is 319 g/mol. The Morgan fingerprint density at radius 1 is 0.952 bits per heavy atom. The van der Waals surface area contributed by atoms with Crippen molar-refractivity contribution in [2.45, 2.75) is 4.90 Å². The van der Waals surface area contributed by atoms with Gasteiger partial charge in [-0.2, -0.15) is 0 Å². The van der Waals surface area contributed by atoms with Crippen molar-refractivity contribution in [3.05, 3.63) is 29.3 Å². The maximum atomic E-state index is 12.2. The minimum atomic E-state index is -4.26. The molecule has 1 rings (SSSR count). The summed E-state index contributed by atoms with van der Waals surface area (Å²) < 4.78 is 29.6. The molecule has 0 amide bonds. The number of hydrogen-bond donors (Lipinski definition) is 2. The van der Waals surface area contributed by atoms with Crippen LogP contribution in [0.2, 0.25) is 0 Å². The second-order valence-electron chi connectivity index (χ2n) is 6.30. The minimum absolute atomic E-state index is 0.434. The van der Waals surface area contributed by atoms with E-state index < -0.39 is 44.9 Å². The van der Waals surface area contributed by atoms with Crippen molar-refractivity contribution in [3.63, 3.8) is 0 Å². The number of aromatic carboxylic acids is 2. The van der Waals surface area contributed by atoms with Gasteiger partial charge in [-0.3, -0.25) is 0 Å². The van der Waals surface area contributed by atoms with Gasteiger partial charge in [0.05, 0.1) is 0 Å². The summed E-state index contributed by atoms with van der Waals surface area (Å²) >= 11 is 0. The van der Waals surface area contributed by atoms with Gasteiger partial charge in [-0.1, -0.05) is 0 Å². The van der Waals surface area contributed by atoms with E-state index in [1.54, 1.807) is 26.7 Å². The average Bonchev–Trinajstić information content (AvgIpc) is 2.23. The standard InChI is InChI=1S/C12H17O7PS/c1-20(2,3,4)19-21(17,18)10-6-8(11(13)14)5-9(7-10)12(15)16/h5-7H,1-4H3,(H,13,14)(H,15,16). The molecule has 2 N–H and O–H groups in total. The number of benzene rings is 1. The Kier molecular flexibility index (Phi) is 4.22. The van der Waals surface area contributed by atoms with E-state index in [4.69, 9.17) is 14.2 Å². The van der Waals surface area contributed by atoms with E-state index in [1.807, 2.05) is 0 Å². The van der Waals surface area contributed by atoms with Gasteiger partial charge in [0.1, 0.15) is 0 Å². The molecule has 0 aliphatic heterocycles. The summed E-state index contributed by atoms with van der Waals surface area (Å²) in [6.07, 6.45) is 0. The number of carboxylic acid groups (broad SMARTS) is 2. The van der Waals surface area contributed by atoms with Crippen LogP contribution in [0.1, 0.15) is 20.7 Å². The van der Waals surface area contributed by atoms with Crippen molar-refractivity contribution in [1.29, 1.82) is 0 Å². The summed E-state index contributed by atoms with van der Waals surface area (Å²) in [6.45, 7) is 3.71. The molecule has 0 bridgehead atoms. The summed E-state index contributed by atoms with van der Waals surface area (Å²) in [4.78, 5) is 21.5. The fourth-order valence-corrected chi connectivity index (χ4v) is 5.45. The molecule has 0 aliphatic carbocycles. The first kappa shape index (κ1) is 17.6. The normalized spacial score (nSPS) is 14.2. The molecule has 0 heterocycles. The van der Waals surface area contributed by atoms with Gasteiger partial charge in [-0.05, 0) is 0 Å². The van der Waals surface area contributed by atoms with Crippen LogP contribution < -0.4 is 0 Å². The van der Waals surface area contributed by atoms with Crippen LogP contribution in [-0.4, -0.2) is 57.2 Å². The van der Waals surface area contributed by atoms with Crippen molar-refractivity contribution in [2.75, 3.05) is 26.7 Å². The molecule has 118 valence electrons. The third-order valence-electron chi connectivity index (χ3n) is 2.09. The number of carbonyl (C=O) groups is 2. The molecule has 0 saturated heterocycles.